The summed E-state index contributed by atoms with van der Waals surface area (Å²) < 4.78 is 1.83. The van der Waals surface area contributed by atoms with Crippen molar-refractivity contribution < 1.29 is 0 Å². The molecule has 1 heterocycles. The first-order valence-electron chi connectivity index (χ1n) is 5.16. The number of hydrogen-bond donors (Lipinski definition) is 2. The molecular formula is C10H20IN5. The summed E-state index contributed by atoms with van der Waals surface area (Å²) in [6.07, 6.45) is 2.87. The topological polar surface area (TPSA) is 68.2 Å². The summed E-state index contributed by atoms with van der Waals surface area (Å²) in [5.74, 6) is 0.500. The van der Waals surface area contributed by atoms with Gasteiger partial charge in [-0.3, -0.25) is 4.68 Å². The van der Waals surface area contributed by atoms with Crippen molar-refractivity contribution in [1.82, 2.24) is 15.1 Å². The summed E-state index contributed by atoms with van der Waals surface area (Å²) in [4.78, 5) is 4.24. The van der Waals surface area contributed by atoms with Gasteiger partial charge in [0.15, 0.2) is 5.96 Å². The molecule has 16 heavy (non-hydrogen) atoms. The summed E-state index contributed by atoms with van der Waals surface area (Å²) in [6.45, 7) is 5.56. The number of hydrogen-bond acceptors (Lipinski definition) is 2. The van der Waals surface area contributed by atoms with Gasteiger partial charge in [-0.25, -0.2) is 4.99 Å². The Morgan fingerprint density at radius 1 is 1.62 bits per heavy atom. The normalized spacial score (nSPS) is 11.1. The van der Waals surface area contributed by atoms with Gasteiger partial charge in [0.1, 0.15) is 0 Å². The summed E-state index contributed by atoms with van der Waals surface area (Å²) >= 11 is 0. The van der Waals surface area contributed by atoms with E-state index in [1.807, 2.05) is 24.9 Å². The number of nitrogens with zero attached hydrogens (tertiary/aromatic N) is 3. The third-order valence-corrected chi connectivity index (χ3v) is 2.31. The average Bonchev–Trinajstić information content (AvgIpc) is 2.54. The van der Waals surface area contributed by atoms with E-state index < -0.39 is 0 Å². The molecule has 3 N–H and O–H groups in total. The van der Waals surface area contributed by atoms with Crippen LogP contribution in [0.2, 0.25) is 0 Å². The predicted molar refractivity (Wildman–Crippen MR) is 77.0 cm³/mol. The van der Waals surface area contributed by atoms with Gasteiger partial charge in [0.25, 0.3) is 0 Å². The molecule has 0 aromatic carbocycles. The Morgan fingerprint density at radius 3 is 2.81 bits per heavy atom. The molecule has 0 aliphatic rings. The van der Waals surface area contributed by atoms with Gasteiger partial charge in [0, 0.05) is 24.8 Å². The second-order valence-corrected chi connectivity index (χ2v) is 3.51. The van der Waals surface area contributed by atoms with Crippen molar-refractivity contribution in [2.24, 2.45) is 17.8 Å². The Labute approximate surface area is 114 Å². The average molecular weight is 337 g/mol. The minimum absolute atomic E-state index is 0. The molecule has 0 bridgehead atoms. The third kappa shape index (κ3) is 4.38. The van der Waals surface area contributed by atoms with Crippen LogP contribution in [0.4, 0.5) is 0 Å². The lowest BCUT2D eigenvalue weighted by atomic mass is 10.3. The van der Waals surface area contributed by atoms with Gasteiger partial charge in [0.05, 0.1) is 12.7 Å². The highest BCUT2D eigenvalue weighted by molar-refractivity contribution is 14.0. The van der Waals surface area contributed by atoms with Gasteiger partial charge in [0.2, 0.25) is 0 Å². The first-order valence-corrected chi connectivity index (χ1v) is 5.16. The van der Waals surface area contributed by atoms with E-state index in [0.29, 0.717) is 12.5 Å². The zero-order valence-corrected chi connectivity index (χ0v) is 12.4. The van der Waals surface area contributed by atoms with Crippen LogP contribution in [0.5, 0.6) is 0 Å². The Morgan fingerprint density at radius 2 is 2.31 bits per heavy atom. The van der Waals surface area contributed by atoms with Crippen molar-refractivity contribution in [3.8, 4) is 0 Å². The Hall–Kier alpha value is -0.790. The largest absolute Gasteiger partial charge is 0.370 e. The lowest BCUT2D eigenvalue weighted by Gasteiger charge is -2.03. The van der Waals surface area contributed by atoms with Crippen molar-refractivity contribution in [3.05, 3.63) is 17.5 Å². The lowest BCUT2D eigenvalue weighted by molar-refractivity contribution is 0.737. The van der Waals surface area contributed by atoms with E-state index in [-0.39, 0.29) is 24.0 Å². The molecule has 1 aromatic heterocycles. The fraction of sp³-hybridized carbons (Fsp3) is 0.600. The van der Waals surface area contributed by atoms with Crippen molar-refractivity contribution in [1.29, 1.82) is 0 Å². The van der Waals surface area contributed by atoms with Crippen LogP contribution in [-0.2, 0) is 13.6 Å². The van der Waals surface area contributed by atoms with Crippen molar-refractivity contribution in [3.63, 3.8) is 0 Å². The summed E-state index contributed by atoms with van der Waals surface area (Å²) in [7, 11) is 1.92. The molecule has 92 valence electrons. The van der Waals surface area contributed by atoms with Crippen molar-refractivity contribution >= 4 is 29.9 Å². The van der Waals surface area contributed by atoms with Crippen LogP contribution in [0.1, 0.15) is 24.6 Å². The number of nitrogens with two attached hydrogens (primary N) is 1. The zero-order valence-electron chi connectivity index (χ0n) is 10.0. The molecule has 0 radical (unpaired) electrons. The second kappa shape index (κ2) is 7.48. The van der Waals surface area contributed by atoms with E-state index in [4.69, 9.17) is 5.73 Å². The molecule has 0 saturated carbocycles. The van der Waals surface area contributed by atoms with Crippen LogP contribution >= 0.6 is 24.0 Å². The standard InChI is InChI=1S/C10H19N5.HI/c1-4-5-12-10(11)13-6-9-7-14-15(3)8(9)2;/h7H,4-6H2,1-3H3,(H3,11,12,13);1H. The van der Waals surface area contributed by atoms with Crippen LogP contribution < -0.4 is 11.1 Å². The van der Waals surface area contributed by atoms with Crippen LogP contribution in [0.3, 0.4) is 0 Å². The number of aromatic nitrogens is 2. The van der Waals surface area contributed by atoms with Crippen LogP contribution in [0.15, 0.2) is 11.2 Å². The van der Waals surface area contributed by atoms with E-state index in [1.165, 1.54) is 0 Å². The maximum Gasteiger partial charge on any atom is 0.188 e. The minimum Gasteiger partial charge on any atom is -0.370 e. The number of rotatable bonds is 4. The van der Waals surface area contributed by atoms with Gasteiger partial charge in [-0.05, 0) is 13.3 Å². The molecule has 0 fully saturated rings. The van der Waals surface area contributed by atoms with Gasteiger partial charge < -0.3 is 11.1 Å². The fourth-order valence-corrected chi connectivity index (χ4v) is 1.18. The number of guanidine groups is 1. The number of nitrogens with one attached hydrogen (secondary N) is 1. The fourth-order valence-electron chi connectivity index (χ4n) is 1.18. The highest BCUT2D eigenvalue weighted by Gasteiger charge is 2.02. The molecule has 1 rings (SSSR count). The SMILES string of the molecule is CCCNC(N)=NCc1cnn(C)c1C.I. The summed E-state index contributed by atoms with van der Waals surface area (Å²) in [6, 6.07) is 0. The highest BCUT2D eigenvalue weighted by Crippen LogP contribution is 2.06. The van der Waals surface area contributed by atoms with Gasteiger partial charge in [-0.1, -0.05) is 6.92 Å². The molecule has 0 aliphatic heterocycles. The van der Waals surface area contributed by atoms with E-state index in [9.17, 15) is 0 Å². The smallest absolute Gasteiger partial charge is 0.188 e. The second-order valence-electron chi connectivity index (χ2n) is 3.51. The van der Waals surface area contributed by atoms with E-state index in [0.717, 1.165) is 24.2 Å². The maximum atomic E-state index is 5.68. The van der Waals surface area contributed by atoms with Crippen LogP contribution in [-0.4, -0.2) is 22.3 Å². The van der Waals surface area contributed by atoms with Crippen LogP contribution in [0, 0.1) is 6.92 Å². The lowest BCUT2D eigenvalue weighted by Crippen LogP contribution is -2.32. The Balaban J connectivity index is 0.00000225. The third-order valence-electron chi connectivity index (χ3n) is 2.31. The molecule has 0 atom stereocenters. The molecule has 5 nitrogen and oxygen atoms in total. The van der Waals surface area contributed by atoms with Crippen LogP contribution in [0.25, 0.3) is 0 Å². The van der Waals surface area contributed by atoms with E-state index in [2.05, 4.69) is 22.3 Å². The van der Waals surface area contributed by atoms with Crippen molar-refractivity contribution in [2.45, 2.75) is 26.8 Å². The van der Waals surface area contributed by atoms with E-state index in [1.54, 1.807) is 0 Å². The summed E-state index contributed by atoms with van der Waals surface area (Å²) in [5.41, 5.74) is 7.91. The molecule has 0 aliphatic carbocycles. The Bertz CT molecular complexity index is 345. The molecular weight excluding hydrogens is 317 g/mol. The van der Waals surface area contributed by atoms with Crippen molar-refractivity contribution in [2.75, 3.05) is 6.54 Å². The predicted octanol–water partition coefficient (Wildman–Crippen LogP) is 1.16. The van der Waals surface area contributed by atoms with E-state index >= 15 is 0 Å². The zero-order chi connectivity index (χ0) is 11.3. The monoisotopic (exact) mass is 337 g/mol. The van der Waals surface area contributed by atoms with Gasteiger partial charge in [-0.2, -0.15) is 5.10 Å². The Kier molecular flexibility index (Phi) is 7.11. The first kappa shape index (κ1) is 15.2. The number of halogens is 1. The quantitative estimate of drug-likeness (QED) is 0.492. The molecule has 0 unspecified atom stereocenters. The molecule has 6 heteroatoms. The minimum atomic E-state index is 0. The van der Waals surface area contributed by atoms with Gasteiger partial charge in [-0.15, -0.1) is 24.0 Å². The molecule has 0 saturated heterocycles. The molecule has 1 aromatic rings. The number of aliphatic imine (C=N–C) groups is 1. The molecule has 0 spiro atoms. The van der Waals surface area contributed by atoms with Gasteiger partial charge >= 0.3 is 0 Å². The first-order chi connectivity index (χ1) is 7.15. The number of aryl methyl sites for hydroxylation is 1. The highest BCUT2D eigenvalue weighted by atomic mass is 127. The molecule has 0 amide bonds. The summed E-state index contributed by atoms with van der Waals surface area (Å²) in [5, 5.41) is 7.17. The maximum absolute atomic E-state index is 5.68.